The van der Waals surface area contributed by atoms with Gasteiger partial charge >= 0.3 is 0 Å². The summed E-state index contributed by atoms with van der Waals surface area (Å²) in [7, 11) is 0. The van der Waals surface area contributed by atoms with Crippen molar-refractivity contribution in [3.63, 3.8) is 0 Å². The van der Waals surface area contributed by atoms with Crippen molar-refractivity contribution in [1.82, 2.24) is 19.8 Å². The number of piperazine rings is 1. The van der Waals surface area contributed by atoms with Crippen LogP contribution in [0.15, 0.2) is 6.07 Å². The summed E-state index contributed by atoms with van der Waals surface area (Å²) < 4.78 is 0. The molecule has 7 heteroatoms. The van der Waals surface area contributed by atoms with Gasteiger partial charge in [-0.25, -0.2) is 9.97 Å². The molecule has 22 heavy (non-hydrogen) atoms. The number of carbonyl (C=O) groups is 2. The maximum atomic E-state index is 12.6. The molecule has 0 aliphatic carbocycles. The highest BCUT2D eigenvalue weighted by Crippen LogP contribution is 2.14. The van der Waals surface area contributed by atoms with Gasteiger partial charge in [0, 0.05) is 45.3 Å². The molecular formula is C15H23N5O2. The first-order valence-corrected chi connectivity index (χ1v) is 7.68. The van der Waals surface area contributed by atoms with Crippen molar-refractivity contribution >= 4 is 18.1 Å². The van der Waals surface area contributed by atoms with E-state index in [9.17, 15) is 9.59 Å². The van der Waals surface area contributed by atoms with Crippen molar-refractivity contribution in [3.05, 3.63) is 17.6 Å². The van der Waals surface area contributed by atoms with Crippen molar-refractivity contribution in [1.29, 1.82) is 0 Å². The molecule has 2 heterocycles. The van der Waals surface area contributed by atoms with Crippen LogP contribution in [-0.2, 0) is 4.79 Å². The Labute approximate surface area is 130 Å². The number of rotatable bonds is 5. The SMILES string of the molecule is CCN(CC)c1cc(C(=O)N2CCN(C=O)CC2)nc(C)n1. The Bertz CT molecular complexity index is 537. The predicted molar refractivity (Wildman–Crippen MR) is 83.9 cm³/mol. The minimum Gasteiger partial charge on any atom is -0.357 e. The Morgan fingerprint density at radius 2 is 1.86 bits per heavy atom. The second kappa shape index (κ2) is 7.20. The van der Waals surface area contributed by atoms with E-state index in [0.29, 0.717) is 37.7 Å². The molecule has 1 aliphatic rings. The topological polar surface area (TPSA) is 69.6 Å². The fraction of sp³-hybridized carbons (Fsp3) is 0.600. The third kappa shape index (κ3) is 3.52. The maximum Gasteiger partial charge on any atom is 0.272 e. The first-order valence-electron chi connectivity index (χ1n) is 7.68. The van der Waals surface area contributed by atoms with E-state index in [-0.39, 0.29) is 5.91 Å². The van der Waals surface area contributed by atoms with Crippen LogP contribution >= 0.6 is 0 Å². The number of nitrogens with zero attached hydrogens (tertiary/aromatic N) is 5. The molecule has 2 amide bonds. The predicted octanol–water partition coefficient (Wildman–Crippen LogP) is 0.545. The lowest BCUT2D eigenvalue weighted by Gasteiger charge is -2.32. The van der Waals surface area contributed by atoms with Gasteiger partial charge in [-0.1, -0.05) is 0 Å². The van der Waals surface area contributed by atoms with Crippen LogP contribution in [0.5, 0.6) is 0 Å². The molecule has 1 aromatic rings. The number of amides is 2. The minimum absolute atomic E-state index is 0.0931. The molecule has 0 atom stereocenters. The minimum atomic E-state index is -0.0931. The van der Waals surface area contributed by atoms with Gasteiger partial charge in [0.15, 0.2) is 0 Å². The second-order valence-corrected chi connectivity index (χ2v) is 5.26. The van der Waals surface area contributed by atoms with E-state index in [2.05, 4.69) is 28.7 Å². The van der Waals surface area contributed by atoms with Crippen LogP contribution in [0, 0.1) is 6.92 Å². The molecule has 1 fully saturated rings. The average Bonchev–Trinajstić information content (AvgIpc) is 2.55. The monoisotopic (exact) mass is 305 g/mol. The highest BCUT2D eigenvalue weighted by atomic mass is 16.2. The summed E-state index contributed by atoms with van der Waals surface area (Å²) >= 11 is 0. The van der Waals surface area contributed by atoms with E-state index in [0.717, 1.165) is 25.3 Å². The van der Waals surface area contributed by atoms with Gasteiger partial charge < -0.3 is 14.7 Å². The van der Waals surface area contributed by atoms with E-state index in [1.54, 1.807) is 22.8 Å². The highest BCUT2D eigenvalue weighted by Gasteiger charge is 2.23. The van der Waals surface area contributed by atoms with E-state index >= 15 is 0 Å². The molecule has 1 saturated heterocycles. The standard InChI is InChI=1S/C15H23N5O2/c1-4-19(5-2)14-10-13(16-12(3)17-14)15(22)20-8-6-18(11-21)7-9-20/h10-11H,4-9H2,1-3H3. The van der Waals surface area contributed by atoms with E-state index in [1.165, 1.54) is 0 Å². The molecule has 0 saturated carbocycles. The van der Waals surface area contributed by atoms with Gasteiger partial charge in [-0.05, 0) is 20.8 Å². The van der Waals surface area contributed by atoms with Gasteiger partial charge in [0.25, 0.3) is 5.91 Å². The van der Waals surface area contributed by atoms with Gasteiger partial charge in [0.05, 0.1) is 0 Å². The lowest BCUT2D eigenvalue weighted by atomic mass is 10.2. The lowest BCUT2D eigenvalue weighted by molar-refractivity contribution is -0.119. The first kappa shape index (κ1) is 16.2. The van der Waals surface area contributed by atoms with Crippen molar-refractivity contribution < 1.29 is 9.59 Å². The zero-order valence-corrected chi connectivity index (χ0v) is 13.4. The van der Waals surface area contributed by atoms with E-state index in [1.807, 2.05) is 0 Å². The van der Waals surface area contributed by atoms with Crippen LogP contribution < -0.4 is 4.90 Å². The van der Waals surface area contributed by atoms with Crippen LogP contribution in [0.4, 0.5) is 5.82 Å². The number of carbonyl (C=O) groups excluding carboxylic acids is 2. The number of hydrogen-bond donors (Lipinski definition) is 0. The van der Waals surface area contributed by atoms with Crippen molar-refractivity contribution in [3.8, 4) is 0 Å². The van der Waals surface area contributed by atoms with Crippen LogP contribution in [0.2, 0.25) is 0 Å². The summed E-state index contributed by atoms with van der Waals surface area (Å²) in [6, 6.07) is 1.76. The average molecular weight is 305 g/mol. The van der Waals surface area contributed by atoms with Gasteiger partial charge in [0.2, 0.25) is 6.41 Å². The van der Waals surface area contributed by atoms with Crippen LogP contribution in [-0.4, -0.2) is 71.4 Å². The van der Waals surface area contributed by atoms with Crippen LogP contribution in [0.25, 0.3) is 0 Å². The normalized spacial score (nSPS) is 14.9. The number of aryl methyl sites for hydroxylation is 1. The summed E-state index contributed by atoms with van der Waals surface area (Å²) in [5, 5.41) is 0. The molecule has 0 N–H and O–H groups in total. The summed E-state index contributed by atoms with van der Waals surface area (Å²) in [6.07, 6.45) is 0.829. The molecule has 0 bridgehead atoms. The molecule has 0 spiro atoms. The molecular weight excluding hydrogens is 282 g/mol. The van der Waals surface area contributed by atoms with Crippen LogP contribution in [0.1, 0.15) is 30.2 Å². The molecule has 2 rings (SSSR count). The molecule has 0 aromatic carbocycles. The summed E-state index contributed by atoms with van der Waals surface area (Å²) in [5.41, 5.74) is 0.425. The molecule has 0 radical (unpaired) electrons. The largest absolute Gasteiger partial charge is 0.357 e. The Hall–Kier alpha value is -2.18. The number of aromatic nitrogens is 2. The van der Waals surface area contributed by atoms with E-state index in [4.69, 9.17) is 0 Å². The van der Waals surface area contributed by atoms with Gasteiger partial charge in [-0.3, -0.25) is 9.59 Å². The Morgan fingerprint density at radius 3 is 2.41 bits per heavy atom. The third-order valence-electron chi connectivity index (χ3n) is 3.88. The van der Waals surface area contributed by atoms with Crippen molar-refractivity contribution in [2.24, 2.45) is 0 Å². The van der Waals surface area contributed by atoms with Crippen LogP contribution in [0.3, 0.4) is 0 Å². The molecule has 1 aliphatic heterocycles. The Balaban J connectivity index is 2.17. The molecule has 120 valence electrons. The van der Waals surface area contributed by atoms with Gasteiger partial charge in [-0.2, -0.15) is 0 Å². The Kier molecular flexibility index (Phi) is 5.30. The fourth-order valence-corrected chi connectivity index (χ4v) is 2.56. The van der Waals surface area contributed by atoms with Crippen molar-refractivity contribution in [2.75, 3.05) is 44.2 Å². The third-order valence-corrected chi connectivity index (χ3v) is 3.88. The number of anilines is 1. The van der Waals surface area contributed by atoms with Gasteiger partial charge in [0.1, 0.15) is 17.3 Å². The lowest BCUT2D eigenvalue weighted by Crippen LogP contribution is -2.48. The quantitative estimate of drug-likeness (QED) is 0.743. The summed E-state index contributed by atoms with van der Waals surface area (Å²) in [6.45, 7) is 9.81. The number of hydrogen-bond acceptors (Lipinski definition) is 5. The first-order chi connectivity index (χ1) is 10.6. The highest BCUT2D eigenvalue weighted by molar-refractivity contribution is 5.93. The van der Waals surface area contributed by atoms with Crippen molar-refractivity contribution in [2.45, 2.75) is 20.8 Å². The molecule has 1 aromatic heterocycles. The summed E-state index contributed by atoms with van der Waals surface area (Å²) in [5.74, 6) is 1.29. The smallest absolute Gasteiger partial charge is 0.272 e. The zero-order valence-electron chi connectivity index (χ0n) is 13.4. The summed E-state index contributed by atoms with van der Waals surface area (Å²) in [4.78, 5) is 37.6. The Morgan fingerprint density at radius 1 is 1.23 bits per heavy atom. The fourth-order valence-electron chi connectivity index (χ4n) is 2.56. The van der Waals surface area contributed by atoms with Gasteiger partial charge in [-0.15, -0.1) is 0 Å². The zero-order chi connectivity index (χ0) is 16.1. The molecule has 7 nitrogen and oxygen atoms in total. The molecule has 0 unspecified atom stereocenters. The second-order valence-electron chi connectivity index (χ2n) is 5.26. The maximum absolute atomic E-state index is 12.6. The van der Waals surface area contributed by atoms with E-state index < -0.39 is 0 Å².